The van der Waals surface area contributed by atoms with Gasteiger partial charge in [-0.05, 0) is 40.5 Å². The smallest absolute Gasteiger partial charge is 0.123 e. The molecule has 1 N–H and O–H groups in total. The highest BCUT2D eigenvalue weighted by atomic mass is 79.9. The lowest BCUT2D eigenvalue weighted by Crippen LogP contribution is -1.83. The highest BCUT2D eigenvalue weighted by Crippen LogP contribution is 2.29. The van der Waals surface area contributed by atoms with Crippen molar-refractivity contribution in [1.82, 2.24) is 4.98 Å². The number of aromatic amines is 1. The zero-order valence-electron chi connectivity index (χ0n) is 7.98. The van der Waals surface area contributed by atoms with E-state index in [0.29, 0.717) is 6.42 Å². The molecule has 0 spiro atoms. The summed E-state index contributed by atoms with van der Waals surface area (Å²) in [4.78, 5) is 3.22. The Morgan fingerprint density at radius 2 is 2.27 bits per heavy atom. The van der Waals surface area contributed by atoms with Gasteiger partial charge in [-0.1, -0.05) is 0 Å². The Bertz CT molecular complexity index is 536. The van der Waals surface area contributed by atoms with Gasteiger partial charge < -0.3 is 4.98 Å². The van der Waals surface area contributed by atoms with Crippen LogP contribution in [0.1, 0.15) is 12.1 Å². The second-order valence-corrected chi connectivity index (χ2v) is 4.10. The fourth-order valence-electron chi connectivity index (χ4n) is 1.56. The van der Waals surface area contributed by atoms with E-state index in [2.05, 4.69) is 26.8 Å². The Kier molecular flexibility index (Phi) is 2.79. The molecule has 0 saturated carbocycles. The Morgan fingerprint density at radius 3 is 3.00 bits per heavy atom. The fraction of sp³-hybridized carbons (Fsp3) is 0.167. The number of halogens is 2. The van der Waals surface area contributed by atoms with Gasteiger partial charge in [-0.25, -0.2) is 4.39 Å². The largest absolute Gasteiger partial charge is 0.357 e. The third-order valence-electron chi connectivity index (χ3n) is 2.29. The molecule has 0 saturated heterocycles. The molecule has 15 heavy (non-hydrogen) atoms. The first-order chi connectivity index (χ1) is 7.22. The maximum Gasteiger partial charge on any atom is 0.123 e. The Hall–Kier alpha value is -1.27. The third-order valence-corrected chi connectivity index (χ3v) is 3.19. The SMILES string of the molecule is C#CCCc1[nH]c2ccc(F)cc2c1Br. The normalized spacial score (nSPS) is 10.5. The Labute approximate surface area is 95.8 Å². The van der Waals surface area contributed by atoms with E-state index < -0.39 is 0 Å². The summed E-state index contributed by atoms with van der Waals surface area (Å²) in [6.07, 6.45) is 6.65. The zero-order chi connectivity index (χ0) is 10.8. The van der Waals surface area contributed by atoms with E-state index in [1.165, 1.54) is 12.1 Å². The molecule has 1 heterocycles. The molecule has 1 aromatic carbocycles. The van der Waals surface area contributed by atoms with Gasteiger partial charge in [0.2, 0.25) is 0 Å². The van der Waals surface area contributed by atoms with E-state index in [0.717, 1.165) is 27.5 Å². The number of hydrogen-bond donors (Lipinski definition) is 1. The van der Waals surface area contributed by atoms with Crippen LogP contribution in [0.15, 0.2) is 22.7 Å². The number of H-pyrrole nitrogens is 1. The van der Waals surface area contributed by atoms with E-state index in [1.807, 2.05) is 0 Å². The zero-order valence-corrected chi connectivity index (χ0v) is 9.57. The molecule has 0 aliphatic carbocycles. The topological polar surface area (TPSA) is 15.8 Å². The first kappa shape index (κ1) is 10.3. The number of nitrogens with one attached hydrogen (secondary N) is 1. The molecule has 0 fully saturated rings. The number of fused-ring (bicyclic) bond motifs is 1. The lowest BCUT2D eigenvalue weighted by molar-refractivity contribution is 0.629. The summed E-state index contributed by atoms with van der Waals surface area (Å²) in [6.45, 7) is 0. The predicted octanol–water partition coefficient (Wildman–Crippen LogP) is 3.64. The molecule has 0 radical (unpaired) electrons. The maximum absolute atomic E-state index is 13.0. The molecule has 76 valence electrons. The molecule has 1 nitrogen and oxygen atoms in total. The molecule has 1 aromatic heterocycles. The van der Waals surface area contributed by atoms with Crippen molar-refractivity contribution in [1.29, 1.82) is 0 Å². The van der Waals surface area contributed by atoms with Gasteiger partial charge in [0.05, 0.1) is 0 Å². The number of aryl methyl sites for hydroxylation is 1. The third kappa shape index (κ3) is 1.91. The van der Waals surface area contributed by atoms with Crippen molar-refractivity contribution in [2.75, 3.05) is 0 Å². The first-order valence-electron chi connectivity index (χ1n) is 4.61. The maximum atomic E-state index is 13.0. The van der Waals surface area contributed by atoms with Crippen molar-refractivity contribution in [2.24, 2.45) is 0 Å². The number of rotatable bonds is 2. The molecule has 3 heteroatoms. The van der Waals surface area contributed by atoms with Crippen molar-refractivity contribution < 1.29 is 4.39 Å². The van der Waals surface area contributed by atoms with Crippen molar-refractivity contribution in [3.63, 3.8) is 0 Å². The summed E-state index contributed by atoms with van der Waals surface area (Å²) in [5.41, 5.74) is 1.95. The quantitative estimate of drug-likeness (QED) is 0.799. The van der Waals surface area contributed by atoms with Gasteiger partial charge in [0, 0.05) is 27.5 Å². The van der Waals surface area contributed by atoms with E-state index in [1.54, 1.807) is 6.07 Å². The summed E-state index contributed by atoms with van der Waals surface area (Å²) < 4.78 is 13.9. The minimum atomic E-state index is -0.231. The van der Waals surface area contributed by atoms with Gasteiger partial charge in [-0.15, -0.1) is 12.3 Å². The molecule has 0 amide bonds. The van der Waals surface area contributed by atoms with Crippen LogP contribution in [0.2, 0.25) is 0 Å². The lowest BCUT2D eigenvalue weighted by atomic mass is 10.2. The van der Waals surface area contributed by atoms with Gasteiger partial charge >= 0.3 is 0 Å². The van der Waals surface area contributed by atoms with Crippen LogP contribution < -0.4 is 0 Å². The number of hydrogen-bond acceptors (Lipinski definition) is 0. The second-order valence-electron chi connectivity index (χ2n) is 3.31. The Balaban J connectivity index is 2.50. The molecular weight excluding hydrogens is 257 g/mol. The van der Waals surface area contributed by atoms with E-state index in [4.69, 9.17) is 6.42 Å². The molecule has 0 aliphatic rings. The van der Waals surface area contributed by atoms with Gasteiger partial charge in [0.15, 0.2) is 0 Å². The lowest BCUT2D eigenvalue weighted by Gasteiger charge is -1.93. The minimum absolute atomic E-state index is 0.231. The summed E-state index contributed by atoms with van der Waals surface area (Å²) in [7, 11) is 0. The number of benzene rings is 1. The monoisotopic (exact) mass is 265 g/mol. The molecule has 0 bridgehead atoms. The van der Waals surface area contributed by atoms with Crippen molar-refractivity contribution in [3.05, 3.63) is 34.2 Å². The summed E-state index contributed by atoms with van der Waals surface area (Å²) in [5.74, 6) is 2.35. The average molecular weight is 266 g/mol. The van der Waals surface area contributed by atoms with Crippen LogP contribution in [0.25, 0.3) is 10.9 Å². The van der Waals surface area contributed by atoms with Crippen LogP contribution in [0.4, 0.5) is 4.39 Å². The molecule has 2 aromatic rings. The van der Waals surface area contributed by atoms with E-state index >= 15 is 0 Å². The Morgan fingerprint density at radius 1 is 1.47 bits per heavy atom. The van der Waals surface area contributed by atoms with Crippen LogP contribution in [-0.4, -0.2) is 4.98 Å². The van der Waals surface area contributed by atoms with Crippen LogP contribution in [0.5, 0.6) is 0 Å². The number of terminal acetylenes is 1. The average Bonchev–Trinajstić information content (AvgIpc) is 2.53. The highest BCUT2D eigenvalue weighted by molar-refractivity contribution is 9.10. The van der Waals surface area contributed by atoms with E-state index in [-0.39, 0.29) is 5.82 Å². The number of aromatic nitrogens is 1. The standard InChI is InChI=1S/C12H9BrFN/c1-2-3-4-11-12(13)9-7-8(14)5-6-10(9)15-11/h1,5-7,15H,3-4H2. The molecule has 2 rings (SSSR count). The van der Waals surface area contributed by atoms with Crippen LogP contribution in [-0.2, 0) is 6.42 Å². The summed E-state index contributed by atoms with van der Waals surface area (Å²) >= 11 is 3.45. The van der Waals surface area contributed by atoms with Crippen molar-refractivity contribution in [3.8, 4) is 12.3 Å². The fourth-order valence-corrected chi connectivity index (χ4v) is 2.18. The van der Waals surface area contributed by atoms with Gasteiger partial charge in [-0.2, -0.15) is 0 Å². The molecular formula is C12H9BrFN. The predicted molar refractivity (Wildman–Crippen MR) is 63.1 cm³/mol. The minimum Gasteiger partial charge on any atom is -0.357 e. The van der Waals surface area contributed by atoms with Crippen molar-refractivity contribution >= 4 is 26.8 Å². The van der Waals surface area contributed by atoms with Crippen LogP contribution in [0, 0.1) is 18.2 Å². The van der Waals surface area contributed by atoms with Gasteiger partial charge in [0.1, 0.15) is 5.82 Å². The second kappa shape index (κ2) is 4.08. The van der Waals surface area contributed by atoms with Crippen molar-refractivity contribution in [2.45, 2.75) is 12.8 Å². The molecule has 0 atom stereocenters. The van der Waals surface area contributed by atoms with Gasteiger partial charge in [0.25, 0.3) is 0 Å². The summed E-state index contributed by atoms with van der Waals surface area (Å²) in [5, 5.41) is 0.863. The molecule has 0 aliphatic heterocycles. The summed E-state index contributed by atoms with van der Waals surface area (Å²) in [6, 6.07) is 4.68. The first-order valence-corrected chi connectivity index (χ1v) is 5.40. The van der Waals surface area contributed by atoms with E-state index in [9.17, 15) is 4.39 Å². The van der Waals surface area contributed by atoms with Crippen LogP contribution >= 0.6 is 15.9 Å². The highest BCUT2D eigenvalue weighted by Gasteiger charge is 2.08. The molecule has 0 unspecified atom stereocenters. The van der Waals surface area contributed by atoms with Crippen LogP contribution in [0.3, 0.4) is 0 Å². The van der Waals surface area contributed by atoms with Gasteiger partial charge in [-0.3, -0.25) is 0 Å².